The van der Waals surface area contributed by atoms with E-state index in [1.807, 2.05) is 0 Å². The Morgan fingerprint density at radius 3 is 2.31 bits per heavy atom. The maximum Gasteiger partial charge on any atom is 0.287 e. The number of amides is 4. The molecule has 0 spiro atoms. The van der Waals surface area contributed by atoms with E-state index in [1.165, 1.54) is 40.0 Å². The van der Waals surface area contributed by atoms with Gasteiger partial charge in [-0.2, -0.15) is 11.8 Å². The highest BCUT2D eigenvalue weighted by Crippen LogP contribution is 2.35. The van der Waals surface area contributed by atoms with Crippen molar-refractivity contribution in [2.75, 3.05) is 24.3 Å². The zero-order valence-corrected chi connectivity index (χ0v) is 30.8. The minimum absolute atomic E-state index is 0.0178. The Hall–Kier alpha value is -3.83. The minimum Gasteiger partial charge on any atom is -0.384 e. The van der Waals surface area contributed by atoms with E-state index >= 15 is 0 Å². The summed E-state index contributed by atoms with van der Waals surface area (Å²) in [6.45, 7) is 3.13. The number of nitrogens with zero attached hydrogens (tertiary/aromatic N) is 4. The number of ketones is 1. The predicted octanol–water partition coefficient (Wildman–Crippen LogP) is 1.26. The number of primary amides is 1. The Morgan fingerprint density at radius 1 is 1.08 bits per heavy atom. The summed E-state index contributed by atoms with van der Waals surface area (Å²) >= 11 is 1.59. The molecule has 1 aromatic carbocycles. The summed E-state index contributed by atoms with van der Waals surface area (Å²) in [5.41, 5.74) is 3.10. The number of likely N-dealkylation sites (tertiary alicyclic amines) is 1. The average molecular weight is 746 g/mol. The highest BCUT2D eigenvalue weighted by Gasteiger charge is 2.49. The Balaban J connectivity index is 1.48. The third-order valence-electron chi connectivity index (χ3n) is 10.2. The fourth-order valence-corrected chi connectivity index (χ4v) is 9.21. The van der Waals surface area contributed by atoms with Gasteiger partial charge in [-0.05, 0) is 74.8 Å². The minimum atomic E-state index is -3.49. The SMILES string of the molecule is CC(C)(O)c1cnnn1[C@H]1C[C@@H](C(=O)NC2(C(=O)C(N)=O)CCSCC2)N(C(=O)[C@@H](CC2CCCCC2)NC(=O)c2ccc(S(C)(=O)=O)cc2)C1. The second-order valence-electron chi connectivity index (χ2n) is 14.5. The van der Waals surface area contributed by atoms with Gasteiger partial charge in [-0.15, -0.1) is 5.10 Å². The third kappa shape index (κ3) is 8.80. The number of nitrogens with one attached hydrogen (secondary N) is 2. The van der Waals surface area contributed by atoms with Crippen LogP contribution in [-0.4, -0.2) is 105 Å². The van der Waals surface area contributed by atoms with E-state index in [-0.39, 0.29) is 42.2 Å². The van der Waals surface area contributed by atoms with Gasteiger partial charge in [0, 0.05) is 24.8 Å². The molecule has 3 fully saturated rings. The van der Waals surface area contributed by atoms with Gasteiger partial charge in [0.15, 0.2) is 9.84 Å². The molecule has 1 aliphatic carbocycles. The normalized spacial score (nSPS) is 21.8. The van der Waals surface area contributed by atoms with E-state index in [2.05, 4.69) is 20.9 Å². The van der Waals surface area contributed by atoms with Crippen molar-refractivity contribution in [3.05, 3.63) is 41.7 Å². The van der Waals surface area contributed by atoms with Gasteiger partial charge in [-0.3, -0.25) is 24.0 Å². The fourth-order valence-electron chi connectivity index (χ4n) is 7.39. The Bertz CT molecular complexity index is 1740. The monoisotopic (exact) mass is 745 g/mol. The lowest BCUT2D eigenvalue weighted by Crippen LogP contribution is -2.63. The summed E-state index contributed by atoms with van der Waals surface area (Å²) in [4.78, 5) is 69.3. The number of Topliss-reactive ketones (excluding diaryl/α,β-unsaturated/α-hetero) is 1. The van der Waals surface area contributed by atoms with Gasteiger partial charge in [-0.25, -0.2) is 13.1 Å². The van der Waals surface area contributed by atoms with E-state index in [1.54, 1.807) is 25.6 Å². The lowest BCUT2D eigenvalue weighted by atomic mass is 9.84. The van der Waals surface area contributed by atoms with Gasteiger partial charge in [0.25, 0.3) is 11.8 Å². The van der Waals surface area contributed by atoms with Gasteiger partial charge >= 0.3 is 0 Å². The summed E-state index contributed by atoms with van der Waals surface area (Å²) in [5.74, 6) is -2.61. The molecule has 0 radical (unpaired) electrons. The molecule has 51 heavy (non-hydrogen) atoms. The first kappa shape index (κ1) is 38.4. The van der Waals surface area contributed by atoms with Gasteiger partial charge < -0.3 is 26.4 Å². The lowest BCUT2D eigenvalue weighted by Gasteiger charge is -2.37. The highest BCUT2D eigenvalue weighted by molar-refractivity contribution is 7.99. The van der Waals surface area contributed by atoms with Crippen LogP contribution in [0.25, 0.3) is 0 Å². The fraction of sp³-hybridized carbons (Fsp3) is 0.618. The number of hydrogen-bond acceptors (Lipinski definition) is 11. The number of nitrogens with two attached hydrogens (primary N) is 1. The second-order valence-corrected chi connectivity index (χ2v) is 17.7. The number of aromatic nitrogens is 3. The van der Waals surface area contributed by atoms with Crippen molar-refractivity contribution < 1.29 is 37.5 Å². The Kier molecular flexibility index (Phi) is 11.6. The summed E-state index contributed by atoms with van der Waals surface area (Å²) in [7, 11) is -3.49. The topological polar surface area (TPSA) is 224 Å². The Labute approximate surface area is 301 Å². The summed E-state index contributed by atoms with van der Waals surface area (Å²) < 4.78 is 25.5. The molecule has 2 aromatic rings. The smallest absolute Gasteiger partial charge is 0.287 e. The number of thioether (sulfide) groups is 1. The number of aliphatic hydroxyl groups is 1. The maximum atomic E-state index is 14.7. The van der Waals surface area contributed by atoms with Crippen LogP contribution >= 0.6 is 11.8 Å². The zero-order valence-electron chi connectivity index (χ0n) is 29.2. The van der Waals surface area contributed by atoms with Crippen LogP contribution in [0.2, 0.25) is 0 Å². The second kappa shape index (κ2) is 15.4. The molecule has 5 rings (SSSR count). The molecule has 3 heterocycles. The first-order valence-corrected chi connectivity index (χ1v) is 20.3. The van der Waals surface area contributed by atoms with Gasteiger partial charge in [0.2, 0.25) is 17.6 Å². The summed E-state index contributed by atoms with van der Waals surface area (Å²) in [5, 5.41) is 24.7. The molecular weight excluding hydrogens is 699 g/mol. The molecule has 3 atom stereocenters. The molecule has 1 saturated carbocycles. The number of sulfone groups is 1. The molecule has 2 aliphatic heterocycles. The molecule has 1 aromatic heterocycles. The molecule has 5 N–H and O–H groups in total. The van der Waals surface area contributed by atoms with Crippen LogP contribution in [-0.2, 0) is 34.6 Å². The molecule has 3 aliphatic rings. The van der Waals surface area contributed by atoms with Crippen LogP contribution in [0.1, 0.15) is 93.7 Å². The van der Waals surface area contributed by atoms with Crippen LogP contribution in [0.4, 0.5) is 0 Å². The average Bonchev–Trinajstić information content (AvgIpc) is 3.76. The zero-order chi connectivity index (χ0) is 37.1. The van der Waals surface area contributed by atoms with Crippen molar-refractivity contribution in [3.63, 3.8) is 0 Å². The molecule has 278 valence electrons. The molecule has 0 unspecified atom stereocenters. The van der Waals surface area contributed by atoms with Gasteiger partial charge in [0.05, 0.1) is 22.8 Å². The van der Waals surface area contributed by atoms with Crippen molar-refractivity contribution in [1.29, 1.82) is 0 Å². The number of rotatable bonds is 12. The number of carbonyl (C=O) groups excluding carboxylic acids is 5. The van der Waals surface area contributed by atoms with E-state index in [9.17, 15) is 37.5 Å². The number of carbonyl (C=O) groups is 5. The van der Waals surface area contributed by atoms with Crippen LogP contribution in [0.15, 0.2) is 35.4 Å². The van der Waals surface area contributed by atoms with Crippen molar-refractivity contribution in [3.8, 4) is 0 Å². The van der Waals surface area contributed by atoms with Crippen LogP contribution < -0.4 is 16.4 Å². The Morgan fingerprint density at radius 2 is 1.73 bits per heavy atom. The van der Waals surface area contributed by atoms with Crippen molar-refractivity contribution in [1.82, 2.24) is 30.5 Å². The standard InChI is InChI=1S/C34H47N7O8S2/c1-33(2,47)27-19-36-39-41(27)23-18-26(31(45)38-34(28(42)29(35)43)13-15-50-16-14-34)40(20-23)32(46)25(17-21-7-5-4-6-8-21)37-30(44)22-9-11-24(12-10-22)51(3,48)49/h9-12,19,21,23,25-26,47H,4-8,13-18,20H2,1-3H3,(H2,35,43)(H,37,44)(H,38,45)/t23-,25+,26-/m0/s1. The van der Waals surface area contributed by atoms with Crippen LogP contribution in [0, 0.1) is 5.92 Å². The van der Waals surface area contributed by atoms with Crippen LogP contribution in [0.3, 0.4) is 0 Å². The molecule has 17 heteroatoms. The van der Waals surface area contributed by atoms with E-state index < -0.39 is 68.5 Å². The number of benzene rings is 1. The largest absolute Gasteiger partial charge is 0.384 e. The molecule has 2 saturated heterocycles. The van der Waals surface area contributed by atoms with Crippen molar-refractivity contribution in [2.45, 2.75) is 106 Å². The highest BCUT2D eigenvalue weighted by atomic mass is 32.2. The van der Waals surface area contributed by atoms with Gasteiger partial charge in [-0.1, -0.05) is 37.3 Å². The lowest BCUT2D eigenvalue weighted by molar-refractivity contribution is -0.145. The molecular formula is C34H47N7O8S2. The predicted molar refractivity (Wildman–Crippen MR) is 188 cm³/mol. The van der Waals surface area contributed by atoms with Crippen molar-refractivity contribution >= 4 is 51.0 Å². The van der Waals surface area contributed by atoms with E-state index in [0.717, 1.165) is 38.4 Å². The summed E-state index contributed by atoms with van der Waals surface area (Å²) in [6, 6.07) is 2.66. The third-order valence-corrected chi connectivity index (χ3v) is 12.3. The first-order chi connectivity index (χ1) is 24.0. The number of hydrogen-bond donors (Lipinski definition) is 4. The molecule has 0 bridgehead atoms. The van der Waals surface area contributed by atoms with E-state index in [0.29, 0.717) is 23.6 Å². The quantitative estimate of drug-likeness (QED) is 0.226. The van der Waals surface area contributed by atoms with Crippen LogP contribution in [0.5, 0.6) is 0 Å². The van der Waals surface area contributed by atoms with E-state index in [4.69, 9.17) is 5.73 Å². The molecule has 15 nitrogen and oxygen atoms in total. The first-order valence-electron chi connectivity index (χ1n) is 17.3. The van der Waals surface area contributed by atoms with Gasteiger partial charge in [0.1, 0.15) is 23.2 Å². The summed E-state index contributed by atoms with van der Waals surface area (Å²) in [6.07, 6.45) is 8.05. The maximum absolute atomic E-state index is 14.7. The molecule has 4 amide bonds. The van der Waals surface area contributed by atoms with Crippen molar-refractivity contribution in [2.24, 2.45) is 11.7 Å².